The van der Waals surface area contributed by atoms with Crippen LogP contribution in [0.3, 0.4) is 0 Å². The van der Waals surface area contributed by atoms with Crippen molar-refractivity contribution in [1.82, 2.24) is 5.32 Å². The summed E-state index contributed by atoms with van der Waals surface area (Å²) < 4.78 is 5.35. The molecular formula is C9H16N2O3. The van der Waals surface area contributed by atoms with Crippen molar-refractivity contribution in [3.63, 3.8) is 0 Å². The summed E-state index contributed by atoms with van der Waals surface area (Å²) in [6.07, 6.45) is 2.47. The topological polar surface area (TPSA) is 81.4 Å². The van der Waals surface area contributed by atoms with Crippen molar-refractivity contribution >= 4 is 11.9 Å². The minimum atomic E-state index is -0.782. The van der Waals surface area contributed by atoms with Gasteiger partial charge in [0.05, 0.1) is 6.10 Å². The minimum absolute atomic E-state index is 0.294. The number of imide groups is 1. The second-order valence-electron chi connectivity index (χ2n) is 3.53. The van der Waals surface area contributed by atoms with Gasteiger partial charge in [0.1, 0.15) is 0 Å². The van der Waals surface area contributed by atoms with E-state index in [0.29, 0.717) is 25.0 Å². The van der Waals surface area contributed by atoms with Crippen LogP contribution in [0.15, 0.2) is 0 Å². The molecule has 0 heterocycles. The quantitative estimate of drug-likeness (QED) is 0.688. The van der Waals surface area contributed by atoms with Crippen LogP contribution in [-0.4, -0.2) is 24.6 Å². The first kappa shape index (κ1) is 11.0. The van der Waals surface area contributed by atoms with Crippen LogP contribution >= 0.6 is 0 Å². The van der Waals surface area contributed by atoms with Crippen molar-refractivity contribution in [2.75, 3.05) is 6.61 Å². The van der Waals surface area contributed by atoms with Gasteiger partial charge in [-0.15, -0.1) is 0 Å². The van der Waals surface area contributed by atoms with Gasteiger partial charge in [0.15, 0.2) is 0 Å². The molecule has 1 fully saturated rings. The molecule has 1 saturated carbocycles. The van der Waals surface area contributed by atoms with E-state index in [1.165, 1.54) is 0 Å². The minimum Gasteiger partial charge on any atom is -0.378 e. The van der Waals surface area contributed by atoms with Crippen LogP contribution in [0.25, 0.3) is 0 Å². The van der Waals surface area contributed by atoms with E-state index in [1.54, 1.807) is 0 Å². The molecular weight excluding hydrogens is 184 g/mol. The summed E-state index contributed by atoms with van der Waals surface area (Å²) in [5.41, 5.74) is 4.81. The Balaban J connectivity index is 2.10. The van der Waals surface area contributed by atoms with Crippen molar-refractivity contribution in [2.45, 2.75) is 32.3 Å². The molecule has 0 atom stereocenters. The number of nitrogens with two attached hydrogens (primary N) is 1. The highest BCUT2D eigenvalue weighted by Crippen LogP contribution is 2.32. The first-order valence-electron chi connectivity index (χ1n) is 4.82. The zero-order chi connectivity index (χ0) is 10.6. The van der Waals surface area contributed by atoms with Gasteiger partial charge < -0.3 is 10.5 Å². The number of hydrogen-bond acceptors (Lipinski definition) is 3. The fraction of sp³-hybridized carbons (Fsp3) is 0.778. The third-order valence-electron chi connectivity index (χ3n) is 2.33. The Kier molecular flexibility index (Phi) is 3.88. The molecule has 5 nitrogen and oxygen atoms in total. The molecule has 1 rings (SSSR count). The van der Waals surface area contributed by atoms with Crippen LogP contribution < -0.4 is 11.1 Å². The fourth-order valence-corrected chi connectivity index (χ4v) is 1.66. The Hall–Kier alpha value is -1.10. The van der Waals surface area contributed by atoms with E-state index in [4.69, 9.17) is 10.5 Å². The van der Waals surface area contributed by atoms with Gasteiger partial charge in [-0.05, 0) is 25.7 Å². The highest BCUT2D eigenvalue weighted by molar-refractivity contribution is 5.93. The number of ether oxygens (including phenoxy) is 1. The molecule has 5 heteroatoms. The lowest BCUT2D eigenvalue weighted by molar-refractivity contribution is -0.123. The first-order chi connectivity index (χ1) is 6.61. The highest BCUT2D eigenvalue weighted by atomic mass is 16.5. The first-order valence-corrected chi connectivity index (χ1v) is 4.82. The smallest absolute Gasteiger partial charge is 0.318 e. The summed E-state index contributed by atoms with van der Waals surface area (Å²) in [6.45, 7) is 2.66. The van der Waals surface area contributed by atoms with Crippen molar-refractivity contribution in [2.24, 2.45) is 11.7 Å². The fourth-order valence-electron chi connectivity index (χ4n) is 1.66. The number of rotatable bonds is 4. The average Bonchev–Trinajstić information content (AvgIpc) is 1.99. The number of nitrogens with one attached hydrogen (secondary N) is 1. The second-order valence-corrected chi connectivity index (χ2v) is 3.53. The molecule has 80 valence electrons. The van der Waals surface area contributed by atoms with Gasteiger partial charge >= 0.3 is 6.03 Å². The van der Waals surface area contributed by atoms with Crippen LogP contribution in [0, 0.1) is 5.92 Å². The van der Waals surface area contributed by atoms with Gasteiger partial charge in [-0.3, -0.25) is 10.1 Å². The van der Waals surface area contributed by atoms with E-state index in [-0.39, 0.29) is 5.91 Å². The maximum Gasteiger partial charge on any atom is 0.318 e. The monoisotopic (exact) mass is 200 g/mol. The molecule has 3 amide bonds. The lowest BCUT2D eigenvalue weighted by atomic mass is 9.80. The van der Waals surface area contributed by atoms with Gasteiger partial charge in [-0.1, -0.05) is 0 Å². The summed E-state index contributed by atoms with van der Waals surface area (Å²) in [6, 6.07) is -0.782. The predicted molar refractivity (Wildman–Crippen MR) is 50.5 cm³/mol. The Morgan fingerprint density at radius 2 is 2.14 bits per heavy atom. The van der Waals surface area contributed by atoms with Gasteiger partial charge in [-0.2, -0.15) is 0 Å². The Labute approximate surface area is 83.0 Å². The molecule has 0 unspecified atom stereocenters. The third kappa shape index (κ3) is 3.33. The van der Waals surface area contributed by atoms with E-state index in [9.17, 15) is 9.59 Å². The standard InChI is InChI=1S/C9H16N2O3/c1-2-14-7-3-6(4-7)5-8(12)11-9(10)13/h6-7H,2-5H2,1H3,(H3,10,11,12,13). The average molecular weight is 200 g/mol. The van der Waals surface area contributed by atoms with Crippen molar-refractivity contribution in [3.05, 3.63) is 0 Å². The Bertz CT molecular complexity index is 224. The van der Waals surface area contributed by atoms with Crippen molar-refractivity contribution < 1.29 is 14.3 Å². The summed E-state index contributed by atoms with van der Waals surface area (Å²) in [7, 11) is 0. The predicted octanol–water partition coefficient (Wildman–Crippen LogP) is 0.387. The molecule has 0 saturated heterocycles. The lowest BCUT2D eigenvalue weighted by Gasteiger charge is -2.34. The van der Waals surface area contributed by atoms with Crippen molar-refractivity contribution in [3.8, 4) is 0 Å². The molecule has 0 aliphatic heterocycles. The van der Waals surface area contributed by atoms with E-state index in [1.807, 2.05) is 12.2 Å². The zero-order valence-corrected chi connectivity index (χ0v) is 8.29. The lowest BCUT2D eigenvalue weighted by Crippen LogP contribution is -2.39. The largest absolute Gasteiger partial charge is 0.378 e. The number of primary amides is 1. The summed E-state index contributed by atoms with van der Waals surface area (Å²) in [5.74, 6) is 0.0448. The molecule has 0 bridgehead atoms. The zero-order valence-electron chi connectivity index (χ0n) is 8.29. The Morgan fingerprint density at radius 3 is 2.64 bits per heavy atom. The number of amides is 3. The Morgan fingerprint density at radius 1 is 1.50 bits per heavy atom. The van der Waals surface area contributed by atoms with Gasteiger partial charge in [-0.25, -0.2) is 4.79 Å². The van der Waals surface area contributed by atoms with Crippen molar-refractivity contribution in [1.29, 1.82) is 0 Å². The van der Waals surface area contributed by atoms with Gasteiger partial charge in [0.25, 0.3) is 0 Å². The normalized spacial score (nSPS) is 25.2. The number of carbonyl (C=O) groups excluding carboxylic acids is 2. The van der Waals surface area contributed by atoms with Crippen LogP contribution in [0.4, 0.5) is 4.79 Å². The van der Waals surface area contributed by atoms with E-state index in [0.717, 1.165) is 12.8 Å². The summed E-state index contributed by atoms with van der Waals surface area (Å²) >= 11 is 0. The van der Waals surface area contributed by atoms with Crippen LogP contribution in [0.1, 0.15) is 26.2 Å². The summed E-state index contributed by atoms with van der Waals surface area (Å²) in [5, 5.41) is 2.05. The molecule has 0 spiro atoms. The second kappa shape index (κ2) is 4.95. The SMILES string of the molecule is CCOC1CC(CC(=O)NC(N)=O)C1. The van der Waals surface area contributed by atoms with Gasteiger partial charge in [0, 0.05) is 13.0 Å². The molecule has 3 N–H and O–H groups in total. The number of carbonyl (C=O) groups is 2. The number of hydrogen-bond donors (Lipinski definition) is 2. The molecule has 0 aromatic rings. The molecule has 0 radical (unpaired) electrons. The maximum absolute atomic E-state index is 11.1. The molecule has 14 heavy (non-hydrogen) atoms. The molecule has 0 aromatic heterocycles. The third-order valence-corrected chi connectivity index (χ3v) is 2.33. The number of urea groups is 1. The maximum atomic E-state index is 11.1. The molecule has 0 aromatic carbocycles. The highest BCUT2D eigenvalue weighted by Gasteiger charge is 2.31. The van der Waals surface area contributed by atoms with Crippen LogP contribution in [-0.2, 0) is 9.53 Å². The van der Waals surface area contributed by atoms with Crippen LogP contribution in [0.5, 0.6) is 0 Å². The van der Waals surface area contributed by atoms with Crippen LogP contribution in [0.2, 0.25) is 0 Å². The van der Waals surface area contributed by atoms with E-state index in [2.05, 4.69) is 0 Å². The van der Waals surface area contributed by atoms with E-state index < -0.39 is 6.03 Å². The van der Waals surface area contributed by atoms with Gasteiger partial charge in [0.2, 0.25) is 5.91 Å². The summed E-state index contributed by atoms with van der Waals surface area (Å²) in [4.78, 5) is 21.4. The van der Waals surface area contributed by atoms with E-state index >= 15 is 0 Å². The molecule has 1 aliphatic carbocycles. The molecule has 1 aliphatic rings.